The molecule has 1 aromatic heterocycles. The smallest absolute Gasteiger partial charge is 0.274 e. The van der Waals surface area contributed by atoms with Gasteiger partial charge in [-0.1, -0.05) is 12.8 Å². The molecule has 1 aliphatic carbocycles. The predicted molar refractivity (Wildman–Crippen MR) is 102 cm³/mol. The Labute approximate surface area is 160 Å². The first-order valence-electron chi connectivity index (χ1n) is 10.4. The van der Waals surface area contributed by atoms with Crippen LogP contribution in [-0.4, -0.2) is 63.8 Å². The summed E-state index contributed by atoms with van der Waals surface area (Å²) in [6, 6.07) is 0.268. The molecule has 0 spiro atoms. The van der Waals surface area contributed by atoms with Crippen molar-refractivity contribution in [1.29, 1.82) is 0 Å². The van der Waals surface area contributed by atoms with Gasteiger partial charge in [-0.15, -0.1) is 0 Å². The summed E-state index contributed by atoms with van der Waals surface area (Å²) in [6.07, 6.45) is 11.7. The molecule has 3 aliphatic rings. The molecule has 146 valence electrons. The van der Waals surface area contributed by atoms with E-state index in [0.717, 1.165) is 64.7 Å². The molecule has 2 aliphatic heterocycles. The third-order valence-corrected chi connectivity index (χ3v) is 6.11. The van der Waals surface area contributed by atoms with E-state index in [1.807, 2.05) is 9.80 Å². The number of rotatable bonds is 4. The monoisotopic (exact) mass is 371 g/mol. The highest BCUT2D eigenvalue weighted by Gasteiger charge is 2.30. The lowest BCUT2D eigenvalue weighted by Crippen LogP contribution is -2.44. The summed E-state index contributed by atoms with van der Waals surface area (Å²) < 4.78 is 0. The van der Waals surface area contributed by atoms with Crippen LogP contribution in [0.5, 0.6) is 0 Å². The number of piperidine rings is 1. The lowest BCUT2D eigenvalue weighted by Gasteiger charge is -2.34. The summed E-state index contributed by atoms with van der Waals surface area (Å²) in [5, 5.41) is 3.41. The van der Waals surface area contributed by atoms with E-state index in [2.05, 4.69) is 15.3 Å². The van der Waals surface area contributed by atoms with Crippen LogP contribution in [0.2, 0.25) is 0 Å². The van der Waals surface area contributed by atoms with Gasteiger partial charge in [-0.3, -0.25) is 14.6 Å². The van der Waals surface area contributed by atoms with Crippen molar-refractivity contribution in [1.82, 2.24) is 19.8 Å². The largest absolute Gasteiger partial charge is 0.366 e. The number of aromatic nitrogens is 2. The first kappa shape index (κ1) is 18.2. The van der Waals surface area contributed by atoms with Crippen LogP contribution in [0, 0.1) is 5.92 Å². The number of hydrogen-bond donors (Lipinski definition) is 1. The Kier molecular flexibility index (Phi) is 5.55. The van der Waals surface area contributed by atoms with Gasteiger partial charge in [0.15, 0.2) is 0 Å². The molecular weight excluding hydrogens is 342 g/mol. The zero-order chi connectivity index (χ0) is 18.6. The molecule has 4 rings (SSSR count). The highest BCUT2D eigenvalue weighted by atomic mass is 16.2. The molecule has 1 N–H and O–H groups in total. The number of nitrogens with zero attached hydrogens (tertiary/aromatic N) is 4. The Hall–Kier alpha value is -2.18. The van der Waals surface area contributed by atoms with Crippen molar-refractivity contribution in [2.75, 3.05) is 31.5 Å². The Morgan fingerprint density at radius 3 is 2.30 bits per heavy atom. The maximum absolute atomic E-state index is 12.6. The number of carbonyl (C=O) groups excluding carboxylic acids is 2. The second-order valence-electron chi connectivity index (χ2n) is 8.01. The van der Waals surface area contributed by atoms with Crippen LogP contribution in [-0.2, 0) is 4.79 Å². The van der Waals surface area contributed by atoms with E-state index in [1.54, 1.807) is 12.4 Å². The SMILES string of the molecule is O=C(c1cncc(NC2CCN(C(=O)C3CCCC3)CC2)n1)N1CCCC1. The fraction of sp³-hybridized carbons (Fsp3) is 0.700. The van der Waals surface area contributed by atoms with Gasteiger partial charge >= 0.3 is 0 Å². The minimum Gasteiger partial charge on any atom is -0.366 e. The van der Waals surface area contributed by atoms with Crippen molar-refractivity contribution in [3.05, 3.63) is 18.1 Å². The van der Waals surface area contributed by atoms with E-state index in [9.17, 15) is 9.59 Å². The average Bonchev–Trinajstić information content (AvgIpc) is 3.42. The molecule has 0 unspecified atom stereocenters. The Morgan fingerprint density at radius 1 is 0.889 bits per heavy atom. The summed E-state index contributed by atoms with van der Waals surface area (Å²) in [4.78, 5) is 37.6. The summed E-state index contributed by atoms with van der Waals surface area (Å²) in [6.45, 7) is 3.22. The van der Waals surface area contributed by atoms with E-state index in [1.165, 1.54) is 12.8 Å². The van der Waals surface area contributed by atoms with Crippen molar-refractivity contribution in [3.8, 4) is 0 Å². The molecular formula is C20H29N5O2. The first-order valence-corrected chi connectivity index (χ1v) is 10.4. The summed E-state index contributed by atoms with van der Waals surface area (Å²) in [7, 11) is 0. The number of hydrogen-bond acceptors (Lipinski definition) is 5. The maximum Gasteiger partial charge on any atom is 0.274 e. The van der Waals surface area contributed by atoms with Crippen molar-refractivity contribution in [2.24, 2.45) is 5.92 Å². The van der Waals surface area contributed by atoms with Crippen LogP contribution in [0.1, 0.15) is 61.9 Å². The lowest BCUT2D eigenvalue weighted by atomic mass is 10.0. The molecule has 1 saturated carbocycles. The summed E-state index contributed by atoms with van der Waals surface area (Å²) in [5.74, 6) is 1.24. The van der Waals surface area contributed by atoms with Crippen molar-refractivity contribution < 1.29 is 9.59 Å². The molecule has 3 fully saturated rings. The molecule has 0 bridgehead atoms. The normalized spacial score (nSPS) is 21.6. The van der Waals surface area contributed by atoms with Crippen molar-refractivity contribution >= 4 is 17.6 Å². The molecule has 3 heterocycles. The van der Waals surface area contributed by atoms with Gasteiger partial charge in [-0.25, -0.2) is 4.98 Å². The van der Waals surface area contributed by atoms with Crippen LogP contribution >= 0.6 is 0 Å². The Morgan fingerprint density at radius 2 is 1.59 bits per heavy atom. The van der Waals surface area contributed by atoms with Gasteiger partial charge in [0.25, 0.3) is 5.91 Å². The van der Waals surface area contributed by atoms with Crippen LogP contribution in [0.25, 0.3) is 0 Å². The Balaban J connectivity index is 1.30. The fourth-order valence-electron chi connectivity index (χ4n) is 4.51. The van der Waals surface area contributed by atoms with Crippen molar-refractivity contribution in [2.45, 2.75) is 57.4 Å². The quantitative estimate of drug-likeness (QED) is 0.879. The van der Waals surface area contributed by atoms with Gasteiger partial charge in [0.1, 0.15) is 11.5 Å². The topological polar surface area (TPSA) is 78.4 Å². The number of amides is 2. The summed E-state index contributed by atoms with van der Waals surface area (Å²) >= 11 is 0. The lowest BCUT2D eigenvalue weighted by molar-refractivity contribution is -0.136. The second-order valence-corrected chi connectivity index (χ2v) is 8.01. The number of likely N-dealkylation sites (tertiary alicyclic amines) is 2. The van der Waals surface area contributed by atoms with Crippen LogP contribution in [0.15, 0.2) is 12.4 Å². The molecule has 0 atom stereocenters. The Bertz CT molecular complexity index is 675. The van der Waals surface area contributed by atoms with Gasteiger partial charge in [0.2, 0.25) is 5.91 Å². The van der Waals surface area contributed by atoms with E-state index < -0.39 is 0 Å². The van der Waals surface area contributed by atoms with Gasteiger partial charge in [0.05, 0.1) is 12.4 Å². The van der Waals surface area contributed by atoms with Gasteiger partial charge < -0.3 is 15.1 Å². The molecule has 0 radical (unpaired) electrons. The molecule has 0 aromatic carbocycles. The molecule has 27 heavy (non-hydrogen) atoms. The minimum absolute atomic E-state index is 0.0272. The predicted octanol–water partition coefficient (Wildman–Crippen LogP) is 2.31. The molecule has 2 saturated heterocycles. The zero-order valence-corrected chi connectivity index (χ0v) is 15.9. The summed E-state index contributed by atoms with van der Waals surface area (Å²) in [5.41, 5.74) is 0.413. The third-order valence-electron chi connectivity index (χ3n) is 6.11. The van der Waals surface area contributed by atoms with Crippen LogP contribution < -0.4 is 5.32 Å². The van der Waals surface area contributed by atoms with Gasteiger partial charge in [0, 0.05) is 38.1 Å². The van der Waals surface area contributed by atoms with Crippen LogP contribution in [0.4, 0.5) is 5.82 Å². The number of nitrogens with one attached hydrogen (secondary N) is 1. The van der Waals surface area contributed by atoms with E-state index >= 15 is 0 Å². The molecule has 7 heteroatoms. The second kappa shape index (κ2) is 8.23. The fourth-order valence-corrected chi connectivity index (χ4v) is 4.51. The zero-order valence-electron chi connectivity index (χ0n) is 15.9. The molecule has 2 amide bonds. The van der Waals surface area contributed by atoms with E-state index in [0.29, 0.717) is 17.4 Å². The highest BCUT2D eigenvalue weighted by Crippen LogP contribution is 2.28. The molecule has 1 aromatic rings. The molecule has 7 nitrogen and oxygen atoms in total. The van der Waals surface area contributed by atoms with Gasteiger partial charge in [-0.05, 0) is 38.5 Å². The van der Waals surface area contributed by atoms with E-state index in [4.69, 9.17) is 0 Å². The maximum atomic E-state index is 12.6. The minimum atomic E-state index is -0.0272. The van der Waals surface area contributed by atoms with E-state index in [-0.39, 0.29) is 17.9 Å². The van der Waals surface area contributed by atoms with Gasteiger partial charge in [-0.2, -0.15) is 0 Å². The number of anilines is 1. The average molecular weight is 371 g/mol. The van der Waals surface area contributed by atoms with Crippen molar-refractivity contribution in [3.63, 3.8) is 0 Å². The third kappa shape index (κ3) is 4.22. The standard InChI is InChI=1S/C20H29N5O2/c26-19(15-5-1-2-6-15)25-11-7-16(8-12-25)22-18-14-21-13-17(23-18)20(27)24-9-3-4-10-24/h13-16H,1-12H2,(H,22,23). The number of carbonyl (C=O) groups is 2. The first-order chi connectivity index (χ1) is 13.2. The van der Waals surface area contributed by atoms with Crippen LogP contribution in [0.3, 0.4) is 0 Å². The highest BCUT2D eigenvalue weighted by molar-refractivity contribution is 5.92.